The Morgan fingerprint density at radius 2 is 1.83 bits per heavy atom. The number of benzene rings is 1. The molecule has 2 aliphatic carbocycles. The molecule has 4 nitrogen and oxygen atoms in total. The Kier molecular flexibility index (Phi) is 4.20. The molecule has 1 saturated heterocycles. The van der Waals surface area contributed by atoms with Crippen LogP contribution in [0.25, 0.3) is 0 Å². The van der Waals surface area contributed by atoms with Gasteiger partial charge in [-0.3, -0.25) is 0 Å². The van der Waals surface area contributed by atoms with Crippen LogP contribution in [-0.2, 0) is 0 Å². The zero-order valence-corrected chi connectivity index (χ0v) is 14.0. The van der Waals surface area contributed by atoms with Gasteiger partial charge in [-0.25, -0.2) is 4.79 Å². The highest BCUT2D eigenvalue weighted by Crippen LogP contribution is 2.41. The highest BCUT2D eigenvalue weighted by atomic mass is 35.5. The van der Waals surface area contributed by atoms with E-state index in [1.165, 1.54) is 12.0 Å². The number of amides is 2. The molecule has 3 unspecified atom stereocenters. The molecule has 23 heavy (non-hydrogen) atoms. The molecule has 0 bridgehead atoms. The molecule has 0 radical (unpaired) electrons. The van der Waals surface area contributed by atoms with Crippen LogP contribution < -0.4 is 16.0 Å². The number of carbonyl (C=O) groups is 1. The lowest BCUT2D eigenvalue weighted by Gasteiger charge is -2.31. The second-order valence-electron chi connectivity index (χ2n) is 7.31. The molecule has 0 aromatic heterocycles. The Balaban J connectivity index is 1.24. The van der Waals surface area contributed by atoms with Gasteiger partial charge in [-0.2, -0.15) is 0 Å². The van der Waals surface area contributed by atoms with E-state index in [9.17, 15) is 4.79 Å². The third-order valence-electron chi connectivity index (χ3n) is 5.69. The van der Waals surface area contributed by atoms with Crippen molar-refractivity contribution in [3.05, 3.63) is 34.9 Å². The third kappa shape index (κ3) is 3.48. The number of carbonyl (C=O) groups excluding carboxylic acids is 1. The summed E-state index contributed by atoms with van der Waals surface area (Å²) in [5, 5.41) is 10.5. The number of fused-ring (bicyclic) bond motifs is 1. The van der Waals surface area contributed by atoms with Crippen molar-refractivity contribution in [3.8, 4) is 0 Å². The lowest BCUT2D eigenvalue weighted by Crippen LogP contribution is -2.46. The SMILES string of the molecule is O=C(NC1CCC2CNCC2C1)N[C@@H]1C[C@H]1c1ccc(Cl)cc1. The van der Waals surface area contributed by atoms with Crippen LogP contribution in [0.5, 0.6) is 0 Å². The number of halogens is 1. The van der Waals surface area contributed by atoms with Gasteiger partial charge in [0.1, 0.15) is 0 Å². The van der Waals surface area contributed by atoms with E-state index in [1.54, 1.807) is 0 Å². The van der Waals surface area contributed by atoms with Crippen LogP contribution in [0, 0.1) is 11.8 Å². The molecular weight excluding hydrogens is 310 g/mol. The van der Waals surface area contributed by atoms with Crippen LogP contribution in [0.3, 0.4) is 0 Å². The largest absolute Gasteiger partial charge is 0.335 e. The van der Waals surface area contributed by atoms with Crippen molar-refractivity contribution >= 4 is 17.6 Å². The number of urea groups is 1. The lowest BCUT2D eigenvalue weighted by atomic mass is 9.79. The molecule has 5 atom stereocenters. The van der Waals surface area contributed by atoms with Crippen LogP contribution in [0.4, 0.5) is 4.79 Å². The molecule has 1 aromatic rings. The first-order chi connectivity index (χ1) is 11.2. The van der Waals surface area contributed by atoms with E-state index in [-0.39, 0.29) is 12.1 Å². The van der Waals surface area contributed by atoms with E-state index in [0.717, 1.165) is 49.2 Å². The summed E-state index contributed by atoms with van der Waals surface area (Å²) < 4.78 is 0. The minimum Gasteiger partial charge on any atom is -0.335 e. The molecule has 2 saturated carbocycles. The number of rotatable bonds is 3. The summed E-state index contributed by atoms with van der Waals surface area (Å²) in [5.74, 6) is 2.01. The van der Waals surface area contributed by atoms with Gasteiger partial charge in [0.05, 0.1) is 0 Å². The maximum atomic E-state index is 12.2. The van der Waals surface area contributed by atoms with Gasteiger partial charge in [0.25, 0.3) is 0 Å². The van der Waals surface area contributed by atoms with Crippen molar-refractivity contribution in [2.24, 2.45) is 11.8 Å². The Hall–Kier alpha value is -1.26. The van der Waals surface area contributed by atoms with Gasteiger partial charge in [-0.05, 0) is 68.3 Å². The van der Waals surface area contributed by atoms with Crippen molar-refractivity contribution in [2.45, 2.75) is 43.7 Å². The molecule has 3 aliphatic rings. The minimum absolute atomic E-state index is 0.000805. The summed E-state index contributed by atoms with van der Waals surface area (Å²) in [4.78, 5) is 12.2. The molecule has 1 aromatic carbocycles. The summed E-state index contributed by atoms with van der Waals surface area (Å²) in [6, 6.07) is 8.55. The van der Waals surface area contributed by atoms with Crippen LogP contribution in [0.15, 0.2) is 24.3 Å². The summed E-state index contributed by atoms with van der Waals surface area (Å²) >= 11 is 5.92. The second-order valence-corrected chi connectivity index (χ2v) is 7.74. The van der Waals surface area contributed by atoms with Crippen molar-refractivity contribution in [2.75, 3.05) is 13.1 Å². The molecule has 2 amide bonds. The van der Waals surface area contributed by atoms with Gasteiger partial charge in [0.15, 0.2) is 0 Å². The molecule has 5 heteroatoms. The van der Waals surface area contributed by atoms with Gasteiger partial charge in [-0.15, -0.1) is 0 Å². The van der Waals surface area contributed by atoms with Crippen LogP contribution in [0.1, 0.15) is 37.2 Å². The Bertz CT molecular complexity index is 576. The number of hydrogen-bond acceptors (Lipinski definition) is 2. The quantitative estimate of drug-likeness (QED) is 0.796. The predicted octanol–water partition coefficient (Wildman–Crippen LogP) is 2.88. The Morgan fingerprint density at radius 3 is 2.65 bits per heavy atom. The fraction of sp³-hybridized carbons (Fsp3) is 0.611. The van der Waals surface area contributed by atoms with Crippen LogP contribution in [-0.4, -0.2) is 31.2 Å². The standard InChI is InChI=1S/C18H24ClN3O/c19-14-4-1-11(2-5-14)16-8-17(16)22-18(23)21-15-6-3-12-9-20-10-13(12)7-15/h1-2,4-5,12-13,15-17,20H,3,6-10H2,(H2,21,22,23)/t12?,13?,15?,16-,17+/m0/s1. The fourth-order valence-corrected chi connectivity index (χ4v) is 4.38. The normalized spacial score (nSPS) is 35.4. The minimum atomic E-state index is 0.000805. The molecule has 3 N–H and O–H groups in total. The Labute approximate surface area is 142 Å². The van der Waals surface area contributed by atoms with E-state index in [1.807, 2.05) is 12.1 Å². The molecule has 0 spiro atoms. The fourth-order valence-electron chi connectivity index (χ4n) is 4.26. The summed E-state index contributed by atoms with van der Waals surface area (Å²) in [6.45, 7) is 2.28. The summed E-state index contributed by atoms with van der Waals surface area (Å²) in [7, 11) is 0. The molecule has 3 fully saturated rings. The van der Waals surface area contributed by atoms with Gasteiger partial charge in [-0.1, -0.05) is 23.7 Å². The van der Waals surface area contributed by atoms with Crippen molar-refractivity contribution in [1.82, 2.24) is 16.0 Å². The molecule has 4 rings (SSSR count). The molecule has 1 heterocycles. The van der Waals surface area contributed by atoms with E-state index in [0.29, 0.717) is 12.0 Å². The van der Waals surface area contributed by atoms with Crippen LogP contribution in [0.2, 0.25) is 5.02 Å². The van der Waals surface area contributed by atoms with Crippen LogP contribution >= 0.6 is 11.6 Å². The maximum absolute atomic E-state index is 12.2. The number of hydrogen-bond donors (Lipinski definition) is 3. The maximum Gasteiger partial charge on any atom is 0.315 e. The van der Waals surface area contributed by atoms with Gasteiger partial charge in [0.2, 0.25) is 0 Å². The average Bonchev–Trinajstić information content (AvgIpc) is 3.13. The molecule has 124 valence electrons. The highest BCUT2D eigenvalue weighted by molar-refractivity contribution is 6.30. The van der Waals surface area contributed by atoms with Crippen molar-refractivity contribution in [1.29, 1.82) is 0 Å². The molecular formula is C18H24ClN3O. The van der Waals surface area contributed by atoms with Gasteiger partial charge < -0.3 is 16.0 Å². The smallest absolute Gasteiger partial charge is 0.315 e. The average molecular weight is 334 g/mol. The number of nitrogens with one attached hydrogen (secondary N) is 3. The summed E-state index contributed by atoms with van der Waals surface area (Å²) in [6.07, 6.45) is 4.49. The summed E-state index contributed by atoms with van der Waals surface area (Å²) in [5.41, 5.74) is 1.26. The first kappa shape index (κ1) is 15.3. The monoisotopic (exact) mass is 333 g/mol. The second kappa shape index (κ2) is 6.33. The predicted molar refractivity (Wildman–Crippen MR) is 91.8 cm³/mol. The molecule has 1 aliphatic heterocycles. The highest BCUT2D eigenvalue weighted by Gasteiger charge is 2.40. The van der Waals surface area contributed by atoms with Gasteiger partial charge >= 0.3 is 6.03 Å². The zero-order valence-electron chi connectivity index (χ0n) is 13.2. The van der Waals surface area contributed by atoms with E-state index in [4.69, 9.17) is 11.6 Å². The van der Waals surface area contributed by atoms with E-state index in [2.05, 4.69) is 28.1 Å². The van der Waals surface area contributed by atoms with E-state index >= 15 is 0 Å². The topological polar surface area (TPSA) is 53.2 Å². The third-order valence-corrected chi connectivity index (χ3v) is 5.95. The zero-order chi connectivity index (χ0) is 15.8. The first-order valence-corrected chi connectivity index (χ1v) is 9.10. The van der Waals surface area contributed by atoms with Gasteiger partial charge in [0, 0.05) is 23.0 Å². The van der Waals surface area contributed by atoms with Crippen molar-refractivity contribution < 1.29 is 4.79 Å². The lowest BCUT2D eigenvalue weighted by molar-refractivity contribution is 0.215. The Morgan fingerprint density at radius 1 is 1.04 bits per heavy atom. The van der Waals surface area contributed by atoms with E-state index < -0.39 is 0 Å². The van der Waals surface area contributed by atoms with Crippen molar-refractivity contribution in [3.63, 3.8) is 0 Å². The first-order valence-electron chi connectivity index (χ1n) is 8.72.